The molecule has 1 aliphatic rings. The van der Waals surface area contributed by atoms with E-state index in [4.69, 9.17) is 0 Å². The molecule has 2 rings (SSSR count). The summed E-state index contributed by atoms with van der Waals surface area (Å²) in [4.78, 5) is 0. The Kier molecular flexibility index (Phi) is 3.35. The number of aryl methyl sites for hydroxylation is 1. The Morgan fingerprint density at radius 3 is 2.43 bits per heavy atom. The van der Waals surface area contributed by atoms with Crippen molar-refractivity contribution in [3.05, 3.63) is 29.3 Å². The van der Waals surface area contributed by atoms with Crippen LogP contribution in [0.1, 0.15) is 30.9 Å². The molecule has 1 atom stereocenters. The number of nitrogens with zero attached hydrogens (tertiary/aromatic N) is 1. The Bertz CT molecular complexity index is 393. The summed E-state index contributed by atoms with van der Waals surface area (Å²) in [6.45, 7) is 6.69. The zero-order chi connectivity index (χ0) is 9.59. The quantitative estimate of drug-likeness (QED) is 0.463. The molecule has 0 N–H and O–H groups in total. The Labute approximate surface area is 103 Å². The highest BCUT2D eigenvalue weighted by Gasteiger charge is 2.31. The molecule has 0 saturated carbocycles. The fourth-order valence-electron chi connectivity index (χ4n) is 2.21. The molecular weight excluding hydrogens is 285 g/mol. The van der Waals surface area contributed by atoms with Gasteiger partial charge in [-0.15, -0.1) is 0 Å². The standard InChI is InChI=1S/C12H16N.HI/c1-8-6-5-7-11-12(8)9(2)10(3)13(11)4;/h5-7,9H,1-4H3;1H/q+1;/p-1. The smallest absolute Gasteiger partial charge is 0.209 e. The highest BCUT2D eigenvalue weighted by Crippen LogP contribution is 2.35. The van der Waals surface area contributed by atoms with Gasteiger partial charge in [0.2, 0.25) is 5.69 Å². The van der Waals surface area contributed by atoms with Crippen molar-refractivity contribution < 1.29 is 28.6 Å². The molecule has 0 aliphatic carbocycles. The van der Waals surface area contributed by atoms with Gasteiger partial charge in [-0.3, -0.25) is 0 Å². The molecular formula is C12H16IN. The number of hydrogen-bond acceptors (Lipinski definition) is 0. The largest absolute Gasteiger partial charge is 1.00 e. The van der Waals surface area contributed by atoms with E-state index < -0.39 is 0 Å². The first kappa shape index (κ1) is 11.7. The molecule has 2 heteroatoms. The maximum Gasteiger partial charge on any atom is 0.209 e. The Morgan fingerprint density at radius 1 is 1.21 bits per heavy atom. The molecule has 0 radical (unpaired) electrons. The Morgan fingerprint density at radius 2 is 1.86 bits per heavy atom. The molecule has 76 valence electrons. The van der Waals surface area contributed by atoms with E-state index in [1.807, 2.05) is 0 Å². The molecule has 0 saturated heterocycles. The van der Waals surface area contributed by atoms with Gasteiger partial charge in [0.05, 0.1) is 5.92 Å². The summed E-state index contributed by atoms with van der Waals surface area (Å²) in [6, 6.07) is 6.53. The van der Waals surface area contributed by atoms with Crippen LogP contribution in [0.5, 0.6) is 0 Å². The first-order valence-corrected chi connectivity index (χ1v) is 4.79. The molecule has 0 spiro atoms. The van der Waals surface area contributed by atoms with Gasteiger partial charge in [0.25, 0.3) is 0 Å². The van der Waals surface area contributed by atoms with Crippen LogP contribution in [-0.4, -0.2) is 17.3 Å². The van der Waals surface area contributed by atoms with Crippen molar-refractivity contribution >= 4 is 11.4 Å². The van der Waals surface area contributed by atoms with Crippen molar-refractivity contribution in [1.29, 1.82) is 0 Å². The highest BCUT2D eigenvalue weighted by molar-refractivity contribution is 5.89. The van der Waals surface area contributed by atoms with Crippen LogP contribution in [0.15, 0.2) is 18.2 Å². The molecule has 0 bridgehead atoms. The van der Waals surface area contributed by atoms with E-state index >= 15 is 0 Å². The van der Waals surface area contributed by atoms with Gasteiger partial charge in [-0.1, -0.05) is 12.1 Å². The summed E-state index contributed by atoms with van der Waals surface area (Å²) >= 11 is 0. The summed E-state index contributed by atoms with van der Waals surface area (Å²) in [7, 11) is 2.15. The zero-order valence-corrected chi connectivity index (χ0v) is 11.3. The lowest BCUT2D eigenvalue weighted by Gasteiger charge is -2.03. The average molecular weight is 301 g/mol. The molecule has 14 heavy (non-hydrogen) atoms. The third-order valence-corrected chi connectivity index (χ3v) is 3.25. The van der Waals surface area contributed by atoms with Crippen LogP contribution < -0.4 is 24.0 Å². The van der Waals surface area contributed by atoms with Crippen molar-refractivity contribution in [3.63, 3.8) is 0 Å². The normalized spacial score (nSPS) is 19.3. The van der Waals surface area contributed by atoms with E-state index in [9.17, 15) is 0 Å². The molecule has 0 amide bonds. The van der Waals surface area contributed by atoms with E-state index in [2.05, 4.69) is 50.6 Å². The van der Waals surface area contributed by atoms with Crippen LogP contribution >= 0.6 is 0 Å². The van der Waals surface area contributed by atoms with Gasteiger partial charge in [-0.2, -0.15) is 0 Å². The third-order valence-electron chi connectivity index (χ3n) is 3.25. The van der Waals surface area contributed by atoms with E-state index in [0.29, 0.717) is 5.92 Å². The summed E-state index contributed by atoms with van der Waals surface area (Å²) < 4.78 is 2.30. The van der Waals surface area contributed by atoms with Gasteiger partial charge in [-0.05, 0) is 19.4 Å². The van der Waals surface area contributed by atoms with E-state index in [1.54, 1.807) is 0 Å². The van der Waals surface area contributed by atoms with Gasteiger partial charge in [-0.25, -0.2) is 4.58 Å². The van der Waals surface area contributed by atoms with Gasteiger partial charge in [0.1, 0.15) is 7.05 Å². The summed E-state index contributed by atoms with van der Waals surface area (Å²) in [5.41, 5.74) is 5.74. The van der Waals surface area contributed by atoms with Crippen LogP contribution in [0.25, 0.3) is 0 Å². The number of rotatable bonds is 0. The maximum atomic E-state index is 2.30. The van der Waals surface area contributed by atoms with E-state index in [1.165, 1.54) is 22.5 Å². The summed E-state index contributed by atoms with van der Waals surface area (Å²) in [5, 5.41) is 0. The van der Waals surface area contributed by atoms with Gasteiger partial charge in [0.15, 0.2) is 5.71 Å². The predicted octanol–water partition coefficient (Wildman–Crippen LogP) is -0.149. The van der Waals surface area contributed by atoms with Crippen molar-refractivity contribution in [3.8, 4) is 0 Å². The first-order chi connectivity index (χ1) is 6.13. The van der Waals surface area contributed by atoms with Crippen molar-refractivity contribution in [2.75, 3.05) is 7.05 Å². The lowest BCUT2D eigenvalue weighted by molar-refractivity contribution is -0.402. The monoisotopic (exact) mass is 301 g/mol. The molecule has 1 unspecified atom stereocenters. The van der Waals surface area contributed by atoms with Crippen LogP contribution in [-0.2, 0) is 0 Å². The average Bonchev–Trinajstić information content (AvgIpc) is 2.33. The molecule has 1 heterocycles. The summed E-state index contributed by atoms with van der Waals surface area (Å²) in [6.07, 6.45) is 0. The minimum absolute atomic E-state index is 0. The maximum absolute atomic E-state index is 2.30. The zero-order valence-electron chi connectivity index (χ0n) is 9.13. The Balaban J connectivity index is 0.000000980. The van der Waals surface area contributed by atoms with Crippen molar-refractivity contribution in [1.82, 2.24) is 0 Å². The molecule has 0 fully saturated rings. The fraction of sp³-hybridized carbons (Fsp3) is 0.417. The lowest BCUT2D eigenvalue weighted by atomic mass is 9.95. The first-order valence-electron chi connectivity index (χ1n) is 4.79. The fourth-order valence-corrected chi connectivity index (χ4v) is 2.21. The number of benzene rings is 1. The Hall–Kier alpha value is -0.380. The van der Waals surface area contributed by atoms with Crippen LogP contribution in [0.4, 0.5) is 5.69 Å². The van der Waals surface area contributed by atoms with Gasteiger partial charge < -0.3 is 24.0 Å². The number of halogens is 1. The predicted molar refractivity (Wildman–Crippen MR) is 56.1 cm³/mol. The molecule has 1 nitrogen and oxygen atoms in total. The minimum Gasteiger partial charge on any atom is -1.00 e. The van der Waals surface area contributed by atoms with Gasteiger partial charge in [0, 0.05) is 18.6 Å². The second kappa shape index (κ2) is 4.01. The second-order valence-electron chi connectivity index (χ2n) is 3.93. The van der Waals surface area contributed by atoms with E-state index in [-0.39, 0.29) is 24.0 Å². The number of hydrogen-bond donors (Lipinski definition) is 0. The van der Waals surface area contributed by atoms with Gasteiger partial charge >= 0.3 is 0 Å². The molecule has 0 aromatic heterocycles. The molecule has 1 aromatic rings. The lowest BCUT2D eigenvalue weighted by Crippen LogP contribution is -3.00. The van der Waals surface area contributed by atoms with Crippen LogP contribution in [0.2, 0.25) is 0 Å². The molecule has 1 aromatic carbocycles. The third kappa shape index (κ3) is 1.49. The van der Waals surface area contributed by atoms with Crippen LogP contribution in [0.3, 0.4) is 0 Å². The highest BCUT2D eigenvalue weighted by atomic mass is 127. The summed E-state index contributed by atoms with van der Waals surface area (Å²) in [5.74, 6) is 0.584. The van der Waals surface area contributed by atoms with Crippen molar-refractivity contribution in [2.45, 2.75) is 26.7 Å². The van der Waals surface area contributed by atoms with Crippen LogP contribution in [0, 0.1) is 6.92 Å². The topological polar surface area (TPSA) is 3.01 Å². The van der Waals surface area contributed by atoms with E-state index in [0.717, 1.165) is 0 Å². The molecule has 1 aliphatic heterocycles. The second-order valence-corrected chi connectivity index (χ2v) is 3.93. The SMILES string of the molecule is CC1=[N+](C)c2cccc(C)c2C1C.[I-]. The number of fused-ring (bicyclic) bond motifs is 1. The minimum atomic E-state index is 0. The van der Waals surface area contributed by atoms with Crippen molar-refractivity contribution in [2.24, 2.45) is 0 Å².